The van der Waals surface area contributed by atoms with Crippen molar-refractivity contribution in [2.45, 2.75) is 49.4 Å². The molecule has 0 radical (unpaired) electrons. The van der Waals surface area contributed by atoms with Crippen LogP contribution in [0.25, 0.3) is 22.3 Å². The molecular formula is C20H24FN3O2S2. The molecule has 2 N–H and O–H groups in total. The van der Waals surface area contributed by atoms with Gasteiger partial charge in [0, 0.05) is 27.5 Å². The quantitative estimate of drug-likeness (QED) is 0.584. The van der Waals surface area contributed by atoms with Crippen molar-refractivity contribution in [1.29, 1.82) is 0 Å². The highest BCUT2D eigenvalue weighted by Crippen LogP contribution is 2.37. The highest BCUT2D eigenvalue weighted by Gasteiger charge is 2.23. The number of nitrogens with zero attached hydrogens (tertiary/aromatic N) is 1. The van der Waals surface area contributed by atoms with E-state index in [-0.39, 0.29) is 10.7 Å². The van der Waals surface area contributed by atoms with Gasteiger partial charge in [0.25, 0.3) is 0 Å². The molecule has 0 aliphatic heterocycles. The molecule has 0 fully saturated rings. The van der Waals surface area contributed by atoms with E-state index in [1.165, 1.54) is 24.0 Å². The van der Waals surface area contributed by atoms with Gasteiger partial charge in [0.2, 0.25) is 10.0 Å². The van der Waals surface area contributed by atoms with Crippen molar-refractivity contribution in [3.8, 4) is 11.4 Å². The molecule has 28 heavy (non-hydrogen) atoms. The number of nitrogens with one attached hydrogen (secondary N) is 2. The van der Waals surface area contributed by atoms with Crippen molar-refractivity contribution in [3.63, 3.8) is 0 Å². The Kier molecular flexibility index (Phi) is 5.58. The first-order valence-electron chi connectivity index (χ1n) is 8.94. The Morgan fingerprint density at radius 3 is 2.50 bits per heavy atom. The molecule has 0 atom stereocenters. The first-order valence-corrected chi connectivity index (χ1v) is 11.6. The van der Waals surface area contributed by atoms with Gasteiger partial charge in [0.1, 0.15) is 10.7 Å². The molecule has 3 aromatic rings. The van der Waals surface area contributed by atoms with Gasteiger partial charge in [-0.25, -0.2) is 17.5 Å². The minimum atomic E-state index is -3.65. The summed E-state index contributed by atoms with van der Waals surface area (Å²) in [6.07, 6.45) is 3.87. The number of aromatic amines is 1. The molecule has 0 aliphatic rings. The second-order valence-electron chi connectivity index (χ2n) is 7.61. The van der Waals surface area contributed by atoms with Crippen LogP contribution in [0.3, 0.4) is 0 Å². The van der Waals surface area contributed by atoms with Gasteiger partial charge in [-0.15, -0.1) is 11.8 Å². The van der Waals surface area contributed by atoms with Crippen molar-refractivity contribution in [1.82, 2.24) is 14.7 Å². The van der Waals surface area contributed by atoms with Gasteiger partial charge < -0.3 is 4.98 Å². The molecule has 0 aliphatic carbocycles. The van der Waals surface area contributed by atoms with Crippen LogP contribution in [0.4, 0.5) is 4.39 Å². The van der Waals surface area contributed by atoms with Crippen LogP contribution < -0.4 is 4.72 Å². The molecular weight excluding hydrogens is 397 g/mol. The molecule has 3 rings (SSSR count). The molecule has 0 amide bonds. The summed E-state index contributed by atoms with van der Waals surface area (Å²) < 4.78 is 41.8. The van der Waals surface area contributed by atoms with Crippen molar-refractivity contribution in [2.24, 2.45) is 0 Å². The van der Waals surface area contributed by atoms with E-state index in [0.29, 0.717) is 17.7 Å². The van der Waals surface area contributed by atoms with E-state index in [1.54, 1.807) is 32.9 Å². The summed E-state index contributed by atoms with van der Waals surface area (Å²) in [6, 6.07) is 6.56. The van der Waals surface area contributed by atoms with Crippen molar-refractivity contribution >= 4 is 32.7 Å². The molecule has 2 heterocycles. The molecule has 1 aromatic carbocycles. The number of aromatic nitrogens is 2. The number of H-pyrrole nitrogens is 1. The van der Waals surface area contributed by atoms with E-state index < -0.39 is 15.6 Å². The topological polar surface area (TPSA) is 74.8 Å². The van der Waals surface area contributed by atoms with Gasteiger partial charge in [0.05, 0.1) is 11.4 Å². The van der Waals surface area contributed by atoms with Crippen molar-refractivity contribution in [2.75, 3.05) is 6.26 Å². The van der Waals surface area contributed by atoms with Crippen molar-refractivity contribution in [3.05, 3.63) is 41.8 Å². The molecule has 2 aromatic heterocycles. The summed E-state index contributed by atoms with van der Waals surface area (Å²) in [5.41, 5.74) is 2.26. The number of halogens is 1. The van der Waals surface area contributed by atoms with Crippen LogP contribution in [-0.4, -0.2) is 30.2 Å². The molecule has 0 bridgehead atoms. The average molecular weight is 422 g/mol. The van der Waals surface area contributed by atoms with E-state index in [4.69, 9.17) is 0 Å². The second kappa shape index (κ2) is 7.50. The maximum absolute atomic E-state index is 14.3. The molecule has 0 saturated heterocycles. The molecule has 150 valence electrons. The van der Waals surface area contributed by atoms with Crippen LogP contribution >= 0.6 is 11.8 Å². The fraction of sp³-hybridized carbons (Fsp3) is 0.350. The Morgan fingerprint density at radius 2 is 1.96 bits per heavy atom. The van der Waals surface area contributed by atoms with Crippen LogP contribution in [0, 0.1) is 5.82 Å². The van der Waals surface area contributed by atoms with Gasteiger partial charge in [-0.3, -0.25) is 4.98 Å². The molecule has 5 nitrogen and oxygen atoms in total. The van der Waals surface area contributed by atoms with E-state index in [9.17, 15) is 12.8 Å². The summed E-state index contributed by atoms with van der Waals surface area (Å²) in [5, 5.41) is 0.796. The second-order valence-corrected chi connectivity index (χ2v) is 10.1. The third-order valence-electron chi connectivity index (χ3n) is 4.25. The smallest absolute Gasteiger partial charge is 0.242 e. The maximum atomic E-state index is 14.3. The van der Waals surface area contributed by atoms with Gasteiger partial charge in [0.15, 0.2) is 0 Å². The lowest BCUT2D eigenvalue weighted by Crippen LogP contribution is -2.40. The number of thioether (sulfide) groups is 1. The zero-order valence-corrected chi connectivity index (χ0v) is 18.2. The number of hydrogen-bond donors (Lipinski definition) is 2. The average Bonchev–Trinajstić information content (AvgIpc) is 2.96. The minimum Gasteiger partial charge on any atom is -0.352 e. The van der Waals surface area contributed by atoms with Crippen LogP contribution in [0.1, 0.15) is 33.3 Å². The molecule has 0 saturated carbocycles. The number of fused-ring (bicyclic) bond motifs is 1. The maximum Gasteiger partial charge on any atom is 0.242 e. The summed E-state index contributed by atoms with van der Waals surface area (Å²) in [5.74, 6) is -0.224. The fourth-order valence-corrected chi connectivity index (χ4v) is 5.16. The lowest BCUT2D eigenvalue weighted by Gasteiger charge is -2.20. The standard InChI is InChI=1S/C20H24FN3O2S2/c1-6-12-9-17-14(10-15(12)21)19(27-5)18(23-17)16-8-7-13(11-22-16)28(25,26)24-20(2,3)4/h7-11,23-24H,6H2,1-5H3. The van der Waals surface area contributed by atoms with E-state index in [2.05, 4.69) is 14.7 Å². The van der Waals surface area contributed by atoms with Crippen LogP contribution in [0.2, 0.25) is 0 Å². The number of rotatable bonds is 5. The molecule has 0 unspecified atom stereocenters. The van der Waals surface area contributed by atoms with Gasteiger partial charge in [-0.05, 0) is 63.3 Å². The number of benzene rings is 1. The minimum absolute atomic E-state index is 0.104. The summed E-state index contributed by atoms with van der Waals surface area (Å²) in [6.45, 7) is 7.26. The number of hydrogen-bond acceptors (Lipinski definition) is 4. The highest BCUT2D eigenvalue weighted by molar-refractivity contribution is 7.99. The number of pyridine rings is 1. The molecule has 0 spiro atoms. The largest absolute Gasteiger partial charge is 0.352 e. The predicted molar refractivity (Wildman–Crippen MR) is 113 cm³/mol. The summed E-state index contributed by atoms with van der Waals surface area (Å²) in [4.78, 5) is 8.66. The summed E-state index contributed by atoms with van der Waals surface area (Å²) in [7, 11) is -3.65. The third kappa shape index (κ3) is 4.09. The Hall–Kier alpha value is -1.90. The number of sulfonamides is 1. The van der Waals surface area contributed by atoms with E-state index in [0.717, 1.165) is 21.5 Å². The molecule has 8 heteroatoms. The van der Waals surface area contributed by atoms with Gasteiger partial charge in [-0.1, -0.05) is 6.92 Å². The SMILES string of the molecule is CCc1cc2[nH]c(-c3ccc(S(=O)(=O)NC(C)(C)C)cn3)c(SC)c2cc1F. The summed E-state index contributed by atoms with van der Waals surface area (Å²) >= 11 is 1.50. The number of aryl methyl sites for hydroxylation is 1. The van der Waals surface area contributed by atoms with E-state index >= 15 is 0 Å². The Morgan fingerprint density at radius 1 is 1.25 bits per heavy atom. The Bertz CT molecular complexity index is 1120. The van der Waals surface area contributed by atoms with Gasteiger partial charge >= 0.3 is 0 Å². The van der Waals surface area contributed by atoms with Crippen LogP contribution in [-0.2, 0) is 16.4 Å². The lowest BCUT2D eigenvalue weighted by atomic mass is 10.1. The highest BCUT2D eigenvalue weighted by atomic mass is 32.2. The van der Waals surface area contributed by atoms with Gasteiger partial charge in [-0.2, -0.15) is 0 Å². The Labute approximate surface area is 169 Å². The first kappa shape index (κ1) is 20.8. The zero-order chi connectivity index (χ0) is 20.7. The first-order chi connectivity index (χ1) is 13.1. The lowest BCUT2D eigenvalue weighted by molar-refractivity contribution is 0.491. The van der Waals surface area contributed by atoms with Crippen LogP contribution in [0.5, 0.6) is 0 Å². The fourth-order valence-electron chi connectivity index (χ4n) is 3.05. The predicted octanol–water partition coefficient (Wildman–Crippen LogP) is 4.73. The van der Waals surface area contributed by atoms with E-state index in [1.807, 2.05) is 19.2 Å². The zero-order valence-electron chi connectivity index (χ0n) is 16.6. The monoisotopic (exact) mass is 421 g/mol. The van der Waals surface area contributed by atoms with Crippen molar-refractivity contribution < 1.29 is 12.8 Å². The third-order valence-corrected chi connectivity index (χ3v) is 6.82. The normalized spacial score (nSPS) is 12.6. The van der Waals surface area contributed by atoms with Crippen LogP contribution in [0.15, 0.2) is 40.3 Å². The Balaban J connectivity index is 2.06.